The molecule has 0 spiro atoms. The molecule has 1 amide bonds. The number of hydrogen-bond acceptors (Lipinski definition) is 6. The number of aromatic nitrogens is 1. The maximum absolute atomic E-state index is 13.9. The van der Waals surface area contributed by atoms with Gasteiger partial charge < -0.3 is 14.8 Å². The van der Waals surface area contributed by atoms with Crippen molar-refractivity contribution in [3.05, 3.63) is 143 Å². The minimum absolute atomic E-state index is 0.0651. The summed E-state index contributed by atoms with van der Waals surface area (Å²) in [7, 11) is 0. The lowest BCUT2D eigenvalue weighted by molar-refractivity contribution is -0.113. The number of rotatable bonds is 6. The summed E-state index contributed by atoms with van der Waals surface area (Å²) in [4.78, 5) is 44.1. The number of nitrogens with one attached hydrogen (secondary N) is 1. The van der Waals surface area contributed by atoms with Crippen LogP contribution < -0.4 is 20.2 Å². The van der Waals surface area contributed by atoms with Gasteiger partial charge in [-0.1, -0.05) is 64.9 Å². The quantitative estimate of drug-likeness (QED) is 0.234. The standard InChI is InChI=1S/C32H21Cl2N3O5S/c1-17-27(29(38)36-21-5-3-2-4-6-21)28(18-7-10-20(33)11-8-18)37-30(39)26(43-32(37)35-17)16-22-12-14-25(42-22)23-15-19(31(40)41)9-13-24(23)34/h2-16,28H,1H3,(H,36,38)(H,40,41)/b26-16-/t28-/m1/s1. The lowest BCUT2D eigenvalue weighted by Gasteiger charge is -2.25. The second-order valence-electron chi connectivity index (χ2n) is 9.66. The third-order valence-electron chi connectivity index (χ3n) is 6.86. The number of carbonyl (C=O) groups excluding carboxylic acids is 1. The summed E-state index contributed by atoms with van der Waals surface area (Å²) in [5, 5.41) is 13.1. The molecule has 0 unspecified atom stereocenters. The first-order chi connectivity index (χ1) is 20.7. The van der Waals surface area contributed by atoms with Crippen LogP contribution in [0.3, 0.4) is 0 Å². The van der Waals surface area contributed by atoms with E-state index >= 15 is 0 Å². The molecule has 0 bridgehead atoms. The molecule has 11 heteroatoms. The van der Waals surface area contributed by atoms with Gasteiger partial charge in [0, 0.05) is 22.3 Å². The first kappa shape index (κ1) is 28.4. The predicted molar refractivity (Wildman–Crippen MR) is 166 cm³/mol. The molecule has 0 aliphatic carbocycles. The third-order valence-corrected chi connectivity index (χ3v) is 8.43. The Labute approximate surface area is 258 Å². The number of fused-ring (bicyclic) bond motifs is 1. The molecule has 0 saturated heterocycles. The highest BCUT2D eigenvalue weighted by atomic mass is 35.5. The van der Waals surface area contributed by atoms with Crippen molar-refractivity contribution in [1.82, 2.24) is 4.57 Å². The van der Waals surface area contributed by atoms with E-state index in [1.54, 1.807) is 61.5 Å². The van der Waals surface area contributed by atoms with Crippen LogP contribution in [-0.2, 0) is 4.79 Å². The van der Waals surface area contributed by atoms with E-state index in [4.69, 9.17) is 27.6 Å². The van der Waals surface area contributed by atoms with Crippen molar-refractivity contribution in [3.63, 3.8) is 0 Å². The Morgan fingerprint density at radius 3 is 2.49 bits per heavy atom. The van der Waals surface area contributed by atoms with Gasteiger partial charge in [-0.2, -0.15) is 0 Å². The Hall–Kier alpha value is -4.70. The van der Waals surface area contributed by atoms with Gasteiger partial charge in [-0.05, 0) is 67.1 Å². The summed E-state index contributed by atoms with van der Waals surface area (Å²) in [6.45, 7) is 1.74. The van der Waals surface area contributed by atoms with E-state index in [9.17, 15) is 19.5 Å². The highest BCUT2D eigenvalue weighted by Crippen LogP contribution is 2.32. The molecule has 2 N–H and O–H groups in total. The molecule has 43 heavy (non-hydrogen) atoms. The molecular formula is C32H21Cl2N3O5S. The number of carbonyl (C=O) groups is 2. The Kier molecular flexibility index (Phi) is 7.62. The maximum Gasteiger partial charge on any atom is 0.335 e. The fourth-order valence-corrected chi connectivity index (χ4v) is 6.21. The van der Waals surface area contributed by atoms with Crippen LogP contribution in [0.15, 0.2) is 110 Å². The van der Waals surface area contributed by atoms with Gasteiger partial charge in [-0.3, -0.25) is 14.2 Å². The zero-order valence-corrected chi connectivity index (χ0v) is 24.7. The molecule has 0 radical (unpaired) electrons. The molecule has 214 valence electrons. The maximum atomic E-state index is 13.9. The first-order valence-electron chi connectivity index (χ1n) is 13.0. The van der Waals surface area contributed by atoms with Gasteiger partial charge in [-0.15, -0.1) is 0 Å². The Morgan fingerprint density at radius 1 is 1.02 bits per heavy atom. The number of carboxylic acid groups (broad SMARTS) is 1. The number of thiazole rings is 1. The first-order valence-corrected chi connectivity index (χ1v) is 14.5. The molecule has 8 nitrogen and oxygen atoms in total. The van der Waals surface area contributed by atoms with E-state index in [-0.39, 0.29) is 17.0 Å². The molecule has 0 fully saturated rings. The molecule has 1 aliphatic rings. The molecule has 6 rings (SSSR count). The van der Waals surface area contributed by atoms with E-state index in [0.717, 1.165) is 0 Å². The minimum atomic E-state index is -1.09. The van der Waals surface area contributed by atoms with Crippen molar-refractivity contribution >= 4 is 58.2 Å². The van der Waals surface area contributed by atoms with Crippen molar-refractivity contribution < 1.29 is 19.1 Å². The van der Waals surface area contributed by atoms with Gasteiger partial charge in [0.05, 0.1) is 32.4 Å². The third kappa shape index (κ3) is 5.58. The summed E-state index contributed by atoms with van der Waals surface area (Å²) in [5.41, 5.74) is 2.24. The molecule has 1 atom stereocenters. The SMILES string of the molecule is CC1=C(C(=O)Nc2ccccc2)[C@@H](c2ccc(Cl)cc2)n2c(s/c(=C\c3ccc(-c4cc(C(=O)O)ccc4Cl)o3)c2=O)=N1. The molecule has 5 aromatic rings. The number of nitrogens with zero attached hydrogens (tertiary/aromatic N) is 2. The fourth-order valence-electron chi connectivity index (χ4n) is 4.84. The van der Waals surface area contributed by atoms with E-state index in [1.807, 2.05) is 18.2 Å². The second kappa shape index (κ2) is 11.5. The van der Waals surface area contributed by atoms with Crippen molar-refractivity contribution in [3.8, 4) is 11.3 Å². The Morgan fingerprint density at radius 2 is 1.77 bits per heavy atom. The summed E-state index contributed by atoms with van der Waals surface area (Å²) < 4.78 is 7.79. The van der Waals surface area contributed by atoms with Crippen molar-refractivity contribution in [2.24, 2.45) is 4.99 Å². The Balaban J connectivity index is 1.44. The molecular weight excluding hydrogens is 609 g/mol. The summed E-state index contributed by atoms with van der Waals surface area (Å²) >= 11 is 13.6. The van der Waals surface area contributed by atoms with Crippen LogP contribution in [0.4, 0.5) is 5.69 Å². The monoisotopic (exact) mass is 629 g/mol. The number of amides is 1. The van der Waals surface area contributed by atoms with E-state index in [2.05, 4.69) is 10.3 Å². The normalized spacial score (nSPS) is 14.8. The van der Waals surface area contributed by atoms with Crippen molar-refractivity contribution in [2.75, 3.05) is 5.32 Å². The number of halogens is 2. The van der Waals surface area contributed by atoms with Crippen LogP contribution in [0.1, 0.15) is 34.6 Å². The van der Waals surface area contributed by atoms with Crippen LogP contribution in [0.5, 0.6) is 0 Å². The summed E-state index contributed by atoms with van der Waals surface area (Å²) in [6, 6.07) is 22.9. The largest absolute Gasteiger partial charge is 0.478 e. The van der Waals surface area contributed by atoms with Crippen LogP contribution >= 0.6 is 34.5 Å². The topological polar surface area (TPSA) is 114 Å². The zero-order valence-electron chi connectivity index (χ0n) is 22.4. The number of carboxylic acids is 1. The van der Waals surface area contributed by atoms with Gasteiger partial charge in [0.2, 0.25) is 0 Å². The molecule has 2 aromatic heterocycles. The van der Waals surface area contributed by atoms with E-state index < -0.39 is 12.0 Å². The summed E-state index contributed by atoms with van der Waals surface area (Å²) in [5.74, 6) is -0.759. The number of allylic oxidation sites excluding steroid dienone is 1. The number of aromatic carboxylic acids is 1. The number of anilines is 1. The number of furan rings is 1. The van der Waals surface area contributed by atoms with Crippen LogP contribution in [0, 0.1) is 0 Å². The average molecular weight is 631 g/mol. The van der Waals surface area contributed by atoms with E-state index in [0.29, 0.717) is 59.0 Å². The van der Waals surface area contributed by atoms with Crippen molar-refractivity contribution in [2.45, 2.75) is 13.0 Å². The van der Waals surface area contributed by atoms with Gasteiger partial charge in [0.25, 0.3) is 11.5 Å². The Bertz CT molecular complexity index is 2110. The van der Waals surface area contributed by atoms with Gasteiger partial charge in [0.1, 0.15) is 11.5 Å². The highest BCUT2D eigenvalue weighted by Gasteiger charge is 2.32. The summed E-state index contributed by atoms with van der Waals surface area (Å²) in [6.07, 6.45) is 1.59. The molecule has 3 heterocycles. The van der Waals surface area contributed by atoms with E-state index in [1.165, 1.54) is 34.1 Å². The molecule has 3 aromatic carbocycles. The van der Waals surface area contributed by atoms with Crippen molar-refractivity contribution in [1.29, 1.82) is 0 Å². The number of hydrogen-bond donors (Lipinski definition) is 2. The smallest absolute Gasteiger partial charge is 0.335 e. The highest BCUT2D eigenvalue weighted by molar-refractivity contribution is 7.07. The molecule has 0 saturated carbocycles. The van der Waals surface area contributed by atoms with Gasteiger partial charge in [-0.25, -0.2) is 9.79 Å². The number of benzene rings is 3. The molecule has 1 aliphatic heterocycles. The lowest BCUT2D eigenvalue weighted by atomic mass is 9.95. The number of para-hydroxylation sites is 1. The van der Waals surface area contributed by atoms with Crippen LogP contribution in [0.2, 0.25) is 10.0 Å². The average Bonchev–Trinajstić information content (AvgIpc) is 3.57. The van der Waals surface area contributed by atoms with Crippen LogP contribution in [0.25, 0.3) is 17.4 Å². The lowest BCUT2D eigenvalue weighted by Crippen LogP contribution is -2.40. The fraction of sp³-hybridized carbons (Fsp3) is 0.0625. The second-order valence-corrected chi connectivity index (χ2v) is 11.5. The predicted octanol–water partition coefficient (Wildman–Crippen LogP) is 6.14. The minimum Gasteiger partial charge on any atom is -0.478 e. The van der Waals surface area contributed by atoms with Gasteiger partial charge in [0.15, 0.2) is 4.80 Å². The zero-order chi connectivity index (χ0) is 30.2. The van der Waals surface area contributed by atoms with Gasteiger partial charge >= 0.3 is 5.97 Å². The van der Waals surface area contributed by atoms with Crippen LogP contribution in [-0.4, -0.2) is 21.6 Å².